The van der Waals surface area contributed by atoms with Crippen LogP contribution in [-0.4, -0.2) is 41.1 Å². The van der Waals surface area contributed by atoms with Gasteiger partial charge < -0.3 is 5.11 Å². The predicted octanol–water partition coefficient (Wildman–Crippen LogP) is 0.344. The lowest BCUT2D eigenvalue weighted by Crippen LogP contribution is -2.15. The van der Waals surface area contributed by atoms with Gasteiger partial charge in [0.1, 0.15) is 6.04 Å². The second-order valence-corrected chi connectivity index (χ2v) is 3.92. The Morgan fingerprint density at radius 2 is 2.39 bits per heavy atom. The summed E-state index contributed by atoms with van der Waals surface area (Å²) >= 11 is 0. The maximum atomic E-state index is 10.5. The fraction of sp³-hybridized carbons (Fsp3) is 0.500. The molecular formula is C10H14N6O2. The molecule has 0 bridgehead atoms. The van der Waals surface area contributed by atoms with Crippen LogP contribution in [0.5, 0.6) is 0 Å². The number of aryl methyl sites for hydroxylation is 1. The van der Waals surface area contributed by atoms with Gasteiger partial charge in [-0.15, -0.1) is 5.10 Å². The smallest absolute Gasteiger partial charge is 0.303 e. The Balaban J connectivity index is 2.05. The van der Waals surface area contributed by atoms with E-state index in [2.05, 4.69) is 20.6 Å². The van der Waals surface area contributed by atoms with Gasteiger partial charge in [-0.05, 0) is 29.8 Å². The number of rotatable bonds is 6. The molecule has 0 fully saturated rings. The zero-order chi connectivity index (χ0) is 13.0. The first-order valence-electron chi connectivity index (χ1n) is 5.65. The minimum Gasteiger partial charge on any atom is -0.481 e. The number of hydrogen-bond acceptors (Lipinski definition) is 5. The van der Waals surface area contributed by atoms with Gasteiger partial charge in [-0.1, -0.05) is 0 Å². The third-order valence-corrected chi connectivity index (χ3v) is 2.62. The Morgan fingerprint density at radius 3 is 3.06 bits per heavy atom. The number of carboxylic acid groups (broad SMARTS) is 1. The molecule has 2 aromatic heterocycles. The number of carboxylic acids is 1. The number of aliphatic carboxylic acids is 1. The SMILES string of the molecule is CC(c1nnnn1CCCC(=O)O)n1cccn1. The number of tetrazole rings is 1. The molecule has 0 radical (unpaired) electrons. The van der Waals surface area contributed by atoms with Crippen molar-refractivity contribution in [2.24, 2.45) is 0 Å². The van der Waals surface area contributed by atoms with Crippen molar-refractivity contribution in [3.63, 3.8) is 0 Å². The molecule has 8 heteroatoms. The summed E-state index contributed by atoms with van der Waals surface area (Å²) in [5.41, 5.74) is 0. The summed E-state index contributed by atoms with van der Waals surface area (Å²) in [6.45, 7) is 2.42. The molecule has 0 aliphatic carbocycles. The van der Waals surface area contributed by atoms with E-state index in [9.17, 15) is 4.79 Å². The fourth-order valence-electron chi connectivity index (χ4n) is 1.68. The molecule has 2 aromatic rings. The lowest BCUT2D eigenvalue weighted by atomic mass is 10.3. The maximum Gasteiger partial charge on any atom is 0.303 e. The van der Waals surface area contributed by atoms with Crippen molar-refractivity contribution in [3.05, 3.63) is 24.3 Å². The van der Waals surface area contributed by atoms with Gasteiger partial charge in [-0.25, -0.2) is 4.68 Å². The summed E-state index contributed by atoms with van der Waals surface area (Å²) < 4.78 is 3.37. The van der Waals surface area contributed by atoms with Crippen molar-refractivity contribution in [1.29, 1.82) is 0 Å². The van der Waals surface area contributed by atoms with Crippen molar-refractivity contribution in [2.75, 3.05) is 0 Å². The van der Waals surface area contributed by atoms with E-state index in [0.717, 1.165) is 0 Å². The first-order chi connectivity index (χ1) is 8.68. The van der Waals surface area contributed by atoms with Gasteiger partial charge >= 0.3 is 5.97 Å². The van der Waals surface area contributed by atoms with E-state index < -0.39 is 5.97 Å². The summed E-state index contributed by atoms with van der Waals surface area (Å²) in [6, 6.07) is 1.74. The summed E-state index contributed by atoms with van der Waals surface area (Å²) in [7, 11) is 0. The van der Waals surface area contributed by atoms with Crippen LogP contribution in [0.3, 0.4) is 0 Å². The lowest BCUT2D eigenvalue weighted by Gasteiger charge is -2.11. The van der Waals surface area contributed by atoms with Gasteiger partial charge in [0, 0.05) is 25.4 Å². The lowest BCUT2D eigenvalue weighted by molar-refractivity contribution is -0.137. The highest BCUT2D eigenvalue weighted by Crippen LogP contribution is 2.13. The number of carbonyl (C=O) groups is 1. The summed E-state index contributed by atoms with van der Waals surface area (Å²) in [6.07, 6.45) is 4.13. The van der Waals surface area contributed by atoms with Gasteiger partial charge in [-0.2, -0.15) is 5.10 Å². The number of aromatic nitrogens is 6. The van der Waals surface area contributed by atoms with Gasteiger partial charge in [-0.3, -0.25) is 9.48 Å². The molecule has 0 aromatic carbocycles. The van der Waals surface area contributed by atoms with Crippen LogP contribution in [0.1, 0.15) is 31.6 Å². The molecule has 0 aliphatic rings. The summed E-state index contributed by atoms with van der Waals surface area (Å²) in [5, 5.41) is 24.2. The third kappa shape index (κ3) is 2.70. The van der Waals surface area contributed by atoms with Gasteiger partial charge in [0.05, 0.1) is 0 Å². The molecule has 8 nitrogen and oxygen atoms in total. The first-order valence-corrected chi connectivity index (χ1v) is 5.65. The molecule has 2 heterocycles. The summed E-state index contributed by atoms with van der Waals surface area (Å²) in [5.74, 6) is -0.145. The van der Waals surface area contributed by atoms with Crippen molar-refractivity contribution < 1.29 is 9.90 Å². The van der Waals surface area contributed by atoms with Crippen LogP contribution in [0.4, 0.5) is 0 Å². The largest absolute Gasteiger partial charge is 0.481 e. The first kappa shape index (κ1) is 12.2. The van der Waals surface area contributed by atoms with Crippen molar-refractivity contribution in [3.8, 4) is 0 Å². The Bertz CT molecular complexity index is 506. The highest BCUT2D eigenvalue weighted by molar-refractivity contribution is 5.66. The molecule has 1 atom stereocenters. The van der Waals surface area contributed by atoms with E-state index in [1.165, 1.54) is 0 Å². The Morgan fingerprint density at radius 1 is 1.56 bits per heavy atom. The number of hydrogen-bond donors (Lipinski definition) is 1. The van der Waals surface area contributed by atoms with Crippen LogP contribution >= 0.6 is 0 Å². The third-order valence-electron chi connectivity index (χ3n) is 2.62. The quantitative estimate of drug-likeness (QED) is 0.793. The average molecular weight is 250 g/mol. The Labute approximate surface area is 103 Å². The monoisotopic (exact) mass is 250 g/mol. The highest BCUT2D eigenvalue weighted by atomic mass is 16.4. The van der Waals surface area contributed by atoms with Crippen LogP contribution in [0.15, 0.2) is 18.5 Å². The Hall–Kier alpha value is -2.25. The van der Waals surface area contributed by atoms with E-state index in [1.54, 1.807) is 15.6 Å². The standard InChI is InChI=1S/C10H14N6O2/c1-8(15-7-3-5-11-15)10-12-13-14-16(10)6-2-4-9(17)18/h3,5,7-8H,2,4,6H2,1H3,(H,17,18). The van der Waals surface area contributed by atoms with Crippen LogP contribution in [-0.2, 0) is 11.3 Å². The minimum absolute atomic E-state index is 0.0835. The summed E-state index contributed by atoms with van der Waals surface area (Å²) in [4.78, 5) is 10.5. The van der Waals surface area contributed by atoms with E-state index >= 15 is 0 Å². The van der Waals surface area contributed by atoms with E-state index in [4.69, 9.17) is 5.11 Å². The Kier molecular flexibility index (Phi) is 3.66. The molecular weight excluding hydrogens is 236 g/mol. The van der Waals surface area contributed by atoms with E-state index in [1.807, 2.05) is 19.2 Å². The molecule has 0 saturated carbocycles. The van der Waals surface area contributed by atoms with Gasteiger partial charge in [0.25, 0.3) is 0 Å². The van der Waals surface area contributed by atoms with E-state index in [-0.39, 0.29) is 12.5 Å². The van der Waals surface area contributed by atoms with Crippen LogP contribution in [0, 0.1) is 0 Å². The molecule has 18 heavy (non-hydrogen) atoms. The normalized spacial score (nSPS) is 12.5. The van der Waals surface area contributed by atoms with Gasteiger partial charge in [0.15, 0.2) is 5.82 Å². The van der Waals surface area contributed by atoms with Crippen molar-refractivity contribution in [2.45, 2.75) is 32.4 Å². The topological polar surface area (TPSA) is 98.7 Å². The molecule has 0 aliphatic heterocycles. The fourth-order valence-corrected chi connectivity index (χ4v) is 1.68. The molecule has 2 rings (SSSR count). The molecule has 1 N–H and O–H groups in total. The van der Waals surface area contributed by atoms with Crippen LogP contribution in [0.2, 0.25) is 0 Å². The second kappa shape index (κ2) is 5.39. The molecule has 0 spiro atoms. The second-order valence-electron chi connectivity index (χ2n) is 3.92. The van der Waals surface area contributed by atoms with Crippen LogP contribution < -0.4 is 0 Å². The molecule has 1 unspecified atom stereocenters. The van der Waals surface area contributed by atoms with Crippen LogP contribution in [0.25, 0.3) is 0 Å². The highest BCUT2D eigenvalue weighted by Gasteiger charge is 2.16. The van der Waals surface area contributed by atoms with Crippen molar-refractivity contribution in [1.82, 2.24) is 30.0 Å². The molecule has 96 valence electrons. The van der Waals surface area contributed by atoms with Gasteiger partial charge in [0.2, 0.25) is 0 Å². The molecule has 0 saturated heterocycles. The van der Waals surface area contributed by atoms with E-state index in [0.29, 0.717) is 18.8 Å². The molecule has 0 amide bonds. The predicted molar refractivity (Wildman–Crippen MR) is 60.7 cm³/mol. The minimum atomic E-state index is -0.815. The van der Waals surface area contributed by atoms with Crippen molar-refractivity contribution >= 4 is 5.97 Å². The average Bonchev–Trinajstić information content (AvgIpc) is 2.98. The number of nitrogens with zero attached hydrogens (tertiary/aromatic N) is 6. The zero-order valence-electron chi connectivity index (χ0n) is 9.97. The zero-order valence-corrected chi connectivity index (χ0v) is 9.97. The maximum absolute atomic E-state index is 10.5.